The van der Waals surface area contributed by atoms with E-state index in [2.05, 4.69) is 33.0 Å². The molecule has 0 unspecified atom stereocenters. The smallest absolute Gasteiger partial charge is 0.191 e. The molecule has 2 N–H and O–H groups in total. The third kappa shape index (κ3) is 6.21. The van der Waals surface area contributed by atoms with E-state index in [1.54, 1.807) is 14.2 Å². The van der Waals surface area contributed by atoms with Crippen LogP contribution in [0.15, 0.2) is 53.5 Å². The molecule has 1 aromatic heterocycles. The molecule has 0 fully saturated rings. The Balaban J connectivity index is 1.65. The van der Waals surface area contributed by atoms with Gasteiger partial charge in [0.15, 0.2) is 11.8 Å². The van der Waals surface area contributed by atoms with Crippen LogP contribution in [0, 0.1) is 6.92 Å². The second-order valence-electron chi connectivity index (χ2n) is 7.08. The maximum absolute atomic E-state index is 5.44. The summed E-state index contributed by atoms with van der Waals surface area (Å²) in [5.74, 6) is 4.11. The average Bonchev–Trinajstić information content (AvgIpc) is 3.13. The Bertz CT molecular complexity index is 998. The Morgan fingerprint density at radius 1 is 1.00 bits per heavy atom. The number of ether oxygens (including phenoxy) is 2. The van der Waals surface area contributed by atoms with Gasteiger partial charge in [-0.05, 0) is 37.1 Å². The standard InChI is InChI=1S/C23H30N6O2/c1-17-27-28-22(29(17)2)16-26-23(25-15-19-7-5-6-8-21(19)31-4)24-14-13-18-9-11-20(30-3)12-10-18/h5-12H,13-16H2,1-4H3,(H2,24,25,26). The maximum Gasteiger partial charge on any atom is 0.191 e. The van der Waals surface area contributed by atoms with Crippen molar-refractivity contribution in [3.05, 3.63) is 71.3 Å². The molecule has 0 bridgehead atoms. The number of para-hydroxylation sites is 1. The van der Waals surface area contributed by atoms with Crippen molar-refractivity contribution in [1.29, 1.82) is 0 Å². The number of guanidine groups is 1. The van der Waals surface area contributed by atoms with Gasteiger partial charge < -0.3 is 24.7 Å². The van der Waals surface area contributed by atoms with Crippen LogP contribution in [0.2, 0.25) is 0 Å². The molecular weight excluding hydrogens is 392 g/mol. The van der Waals surface area contributed by atoms with Gasteiger partial charge in [0.25, 0.3) is 0 Å². The lowest BCUT2D eigenvalue weighted by molar-refractivity contribution is 0.410. The van der Waals surface area contributed by atoms with Gasteiger partial charge >= 0.3 is 0 Å². The van der Waals surface area contributed by atoms with Gasteiger partial charge in [-0.25, -0.2) is 4.99 Å². The average molecular weight is 423 g/mol. The number of nitrogens with zero attached hydrogens (tertiary/aromatic N) is 4. The number of nitrogens with one attached hydrogen (secondary N) is 2. The van der Waals surface area contributed by atoms with Gasteiger partial charge in [0.05, 0.1) is 27.3 Å². The number of aromatic nitrogens is 3. The van der Waals surface area contributed by atoms with Crippen molar-refractivity contribution in [2.24, 2.45) is 12.0 Å². The molecule has 164 valence electrons. The number of aliphatic imine (C=N–C) groups is 1. The molecule has 0 aliphatic rings. The first-order valence-electron chi connectivity index (χ1n) is 10.2. The largest absolute Gasteiger partial charge is 0.497 e. The fourth-order valence-corrected chi connectivity index (χ4v) is 3.06. The topological polar surface area (TPSA) is 85.6 Å². The summed E-state index contributed by atoms with van der Waals surface area (Å²) in [6.07, 6.45) is 0.864. The Labute approximate surface area is 183 Å². The van der Waals surface area contributed by atoms with Crippen molar-refractivity contribution in [1.82, 2.24) is 25.4 Å². The fraction of sp³-hybridized carbons (Fsp3) is 0.348. The lowest BCUT2D eigenvalue weighted by Gasteiger charge is -2.13. The molecule has 0 radical (unpaired) electrons. The van der Waals surface area contributed by atoms with Gasteiger partial charge in [-0.1, -0.05) is 30.3 Å². The lowest BCUT2D eigenvalue weighted by atomic mass is 10.1. The summed E-state index contributed by atoms with van der Waals surface area (Å²) in [4.78, 5) is 4.75. The minimum absolute atomic E-state index is 0.500. The lowest BCUT2D eigenvalue weighted by Crippen LogP contribution is -2.38. The number of hydrogen-bond acceptors (Lipinski definition) is 5. The first-order valence-corrected chi connectivity index (χ1v) is 10.2. The van der Waals surface area contributed by atoms with Crippen LogP contribution in [0.5, 0.6) is 11.5 Å². The van der Waals surface area contributed by atoms with Crippen LogP contribution in [-0.4, -0.2) is 41.5 Å². The van der Waals surface area contributed by atoms with Gasteiger partial charge in [-0.2, -0.15) is 0 Å². The summed E-state index contributed by atoms with van der Waals surface area (Å²) < 4.78 is 12.6. The highest BCUT2D eigenvalue weighted by Crippen LogP contribution is 2.18. The van der Waals surface area contributed by atoms with Gasteiger partial charge in [0, 0.05) is 19.2 Å². The van der Waals surface area contributed by atoms with E-state index in [1.165, 1.54) is 5.56 Å². The van der Waals surface area contributed by atoms with E-state index < -0.39 is 0 Å². The van der Waals surface area contributed by atoms with Gasteiger partial charge in [0.1, 0.15) is 17.3 Å². The van der Waals surface area contributed by atoms with Crippen LogP contribution in [0.3, 0.4) is 0 Å². The predicted molar refractivity (Wildman–Crippen MR) is 121 cm³/mol. The molecule has 8 nitrogen and oxygen atoms in total. The Hall–Kier alpha value is -3.55. The maximum atomic E-state index is 5.44. The van der Waals surface area contributed by atoms with Crippen molar-refractivity contribution in [2.45, 2.75) is 26.4 Å². The van der Waals surface area contributed by atoms with Crippen LogP contribution in [0.4, 0.5) is 0 Å². The van der Waals surface area contributed by atoms with E-state index in [-0.39, 0.29) is 0 Å². The van der Waals surface area contributed by atoms with Crippen LogP contribution in [0.25, 0.3) is 0 Å². The Kier molecular flexibility index (Phi) is 7.86. The summed E-state index contributed by atoms with van der Waals surface area (Å²) in [6, 6.07) is 16.0. The van der Waals surface area contributed by atoms with E-state index >= 15 is 0 Å². The summed E-state index contributed by atoms with van der Waals surface area (Å²) >= 11 is 0. The molecule has 8 heteroatoms. The highest BCUT2D eigenvalue weighted by molar-refractivity contribution is 5.79. The van der Waals surface area contributed by atoms with Crippen molar-refractivity contribution >= 4 is 5.96 Å². The third-order valence-corrected chi connectivity index (χ3v) is 5.06. The van der Waals surface area contributed by atoms with Gasteiger partial charge in [-0.15, -0.1) is 10.2 Å². The van der Waals surface area contributed by atoms with Gasteiger partial charge in [-0.3, -0.25) is 0 Å². The zero-order chi connectivity index (χ0) is 22.1. The van der Waals surface area contributed by atoms with Crippen molar-refractivity contribution < 1.29 is 9.47 Å². The SMILES string of the molecule is COc1ccc(CCNC(=NCc2ccccc2OC)NCc2nnc(C)n2C)cc1. The normalized spacial score (nSPS) is 11.3. The summed E-state index contributed by atoms with van der Waals surface area (Å²) in [5, 5.41) is 15.1. The second kappa shape index (κ2) is 11.0. The fourth-order valence-electron chi connectivity index (χ4n) is 3.06. The quantitative estimate of drug-likeness (QED) is 0.407. The van der Waals surface area contributed by atoms with Crippen molar-refractivity contribution in [3.63, 3.8) is 0 Å². The molecule has 0 saturated heterocycles. The van der Waals surface area contributed by atoms with E-state index in [0.29, 0.717) is 19.0 Å². The zero-order valence-corrected chi connectivity index (χ0v) is 18.6. The van der Waals surface area contributed by atoms with Crippen molar-refractivity contribution in [2.75, 3.05) is 20.8 Å². The van der Waals surface area contributed by atoms with E-state index in [4.69, 9.17) is 14.5 Å². The molecule has 3 aromatic rings. The summed E-state index contributed by atoms with van der Waals surface area (Å²) in [6.45, 7) is 3.69. The molecular formula is C23H30N6O2. The summed E-state index contributed by atoms with van der Waals surface area (Å²) in [7, 11) is 5.30. The molecule has 3 rings (SSSR count). The second-order valence-corrected chi connectivity index (χ2v) is 7.08. The minimum atomic E-state index is 0.500. The Morgan fingerprint density at radius 3 is 2.45 bits per heavy atom. The molecule has 0 aliphatic carbocycles. The highest BCUT2D eigenvalue weighted by atomic mass is 16.5. The predicted octanol–water partition coefficient (Wildman–Crippen LogP) is 2.62. The zero-order valence-electron chi connectivity index (χ0n) is 18.6. The van der Waals surface area contributed by atoms with Gasteiger partial charge in [0.2, 0.25) is 0 Å². The van der Waals surface area contributed by atoms with Crippen LogP contribution >= 0.6 is 0 Å². The number of benzene rings is 2. The van der Waals surface area contributed by atoms with E-state index in [1.807, 2.05) is 54.9 Å². The first-order chi connectivity index (χ1) is 15.1. The number of hydrogen-bond donors (Lipinski definition) is 2. The number of aryl methyl sites for hydroxylation is 1. The molecule has 0 spiro atoms. The molecule has 0 amide bonds. The molecule has 0 atom stereocenters. The third-order valence-electron chi connectivity index (χ3n) is 5.06. The minimum Gasteiger partial charge on any atom is -0.497 e. The van der Waals surface area contributed by atoms with Crippen LogP contribution in [-0.2, 0) is 26.6 Å². The van der Waals surface area contributed by atoms with Crippen LogP contribution in [0.1, 0.15) is 22.8 Å². The molecule has 0 saturated carbocycles. The van der Waals surface area contributed by atoms with E-state index in [0.717, 1.165) is 41.7 Å². The van der Waals surface area contributed by atoms with Crippen LogP contribution < -0.4 is 20.1 Å². The molecule has 31 heavy (non-hydrogen) atoms. The van der Waals surface area contributed by atoms with Crippen molar-refractivity contribution in [3.8, 4) is 11.5 Å². The number of rotatable bonds is 9. The summed E-state index contributed by atoms with van der Waals surface area (Å²) in [5.41, 5.74) is 2.25. The molecule has 2 aromatic carbocycles. The monoisotopic (exact) mass is 422 g/mol. The Morgan fingerprint density at radius 2 is 1.77 bits per heavy atom. The molecule has 0 aliphatic heterocycles. The highest BCUT2D eigenvalue weighted by Gasteiger charge is 2.07. The van der Waals surface area contributed by atoms with E-state index in [9.17, 15) is 0 Å². The number of methoxy groups -OCH3 is 2. The molecule has 1 heterocycles. The first kappa shape index (κ1) is 22.1.